The number of hydrogen-bond acceptors (Lipinski definition) is 5. The van der Waals surface area contributed by atoms with Crippen molar-refractivity contribution in [1.29, 1.82) is 0 Å². The van der Waals surface area contributed by atoms with Gasteiger partial charge in [0.1, 0.15) is 11.6 Å². The highest BCUT2D eigenvalue weighted by Crippen LogP contribution is 2.58. The van der Waals surface area contributed by atoms with Crippen LogP contribution in [0.3, 0.4) is 0 Å². The zero-order chi connectivity index (χ0) is 21.7. The van der Waals surface area contributed by atoms with E-state index in [2.05, 4.69) is 26.8 Å². The Labute approximate surface area is 175 Å². The van der Waals surface area contributed by atoms with E-state index in [0.29, 0.717) is 35.7 Å². The highest BCUT2D eigenvalue weighted by Gasteiger charge is 2.60. The summed E-state index contributed by atoms with van der Waals surface area (Å²) < 4.78 is 18.3. The maximum Gasteiger partial charge on any atom is 0.229 e. The maximum atomic E-state index is 12.9. The van der Waals surface area contributed by atoms with Gasteiger partial charge in [-0.3, -0.25) is 4.79 Å². The molecule has 0 bridgehead atoms. The number of halogens is 1. The van der Waals surface area contributed by atoms with Crippen molar-refractivity contribution in [2.45, 2.75) is 27.2 Å². The summed E-state index contributed by atoms with van der Waals surface area (Å²) in [6.07, 6.45) is 8.87. The van der Waals surface area contributed by atoms with Crippen LogP contribution in [0.2, 0.25) is 0 Å². The molecule has 0 radical (unpaired) electrons. The number of hydrogen-bond donors (Lipinski definition) is 1. The molecule has 30 heavy (non-hydrogen) atoms. The normalized spacial score (nSPS) is 20.5. The summed E-state index contributed by atoms with van der Waals surface area (Å²) in [4.78, 5) is 25.6. The van der Waals surface area contributed by atoms with Crippen LogP contribution in [0.4, 0.5) is 10.2 Å². The van der Waals surface area contributed by atoms with Gasteiger partial charge in [0.25, 0.3) is 0 Å². The minimum Gasteiger partial charge on any atom is -0.489 e. The van der Waals surface area contributed by atoms with Crippen LogP contribution in [0.5, 0.6) is 5.75 Å². The van der Waals surface area contributed by atoms with Gasteiger partial charge in [-0.2, -0.15) is 0 Å². The van der Waals surface area contributed by atoms with E-state index in [9.17, 15) is 9.18 Å². The van der Waals surface area contributed by atoms with Gasteiger partial charge in [-0.15, -0.1) is 0 Å². The van der Waals surface area contributed by atoms with Gasteiger partial charge in [-0.25, -0.2) is 19.3 Å². The second-order valence-electron chi connectivity index (χ2n) is 7.48. The molecule has 2 atom stereocenters. The van der Waals surface area contributed by atoms with Gasteiger partial charge in [0.2, 0.25) is 5.91 Å². The minimum absolute atomic E-state index is 0.151. The van der Waals surface area contributed by atoms with E-state index in [1.54, 1.807) is 30.6 Å². The van der Waals surface area contributed by atoms with E-state index in [0.717, 1.165) is 11.3 Å². The fraction of sp³-hybridized carbons (Fsp3) is 0.304. The number of aromatic nitrogens is 3. The molecule has 0 spiro atoms. The molecule has 0 unspecified atom stereocenters. The first-order chi connectivity index (χ1) is 14.4. The third-order valence-electron chi connectivity index (χ3n) is 5.22. The molecule has 1 aliphatic rings. The van der Waals surface area contributed by atoms with E-state index in [4.69, 9.17) is 4.74 Å². The number of ether oxygens (including phenoxy) is 1. The Morgan fingerprint density at radius 2 is 2.10 bits per heavy atom. The molecule has 1 saturated carbocycles. The first kappa shape index (κ1) is 21.4. The smallest absolute Gasteiger partial charge is 0.229 e. The highest BCUT2D eigenvalue weighted by molar-refractivity contribution is 5.95. The third-order valence-corrected chi connectivity index (χ3v) is 5.22. The first-order valence-electron chi connectivity index (χ1n) is 9.65. The van der Waals surface area contributed by atoms with Gasteiger partial charge in [-0.1, -0.05) is 24.8 Å². The van der Waals surface area contributed by atoms with E-state index in [1.165, 1.54) is 6.08 Å². The van der Waals surface area contributed by atoms with Crippen molar-refractivity contribution in [2.75, 3.05) is 11.9 Å². The number of aryl methyl sites for hydroxylation is 3. The predicted molar refractivity (Wildman–Crippen MR) is 114 cm³/mol. The Morgan fingerprint density at radius 1 is 1.30 bits per heavy atom. The number of amides is 1. The summed E-state index contributed by atoms with van der Waals surface area (Å²) in [7, 11) is 0. The van der Waals surface area contributed by atoms with Crippen molar-refractivity contribution >= 4 is 11.7 Å². The zero-order valence-corrected chi connectivity index (χ0v) is 17.4. The fourth-order valence-electron chi connectivity index (χ4n) is 3.31. The van der Waals surface area contributed by atoms with Crippen molar-refractivity contribution in [3.63, 3.8) is 0 Å². The lowest BCUT2D eigenvalue weighted by atomic mass is 9.94. The molecule has 1 N–H and O–H groups in total. The average molecular weight is 408 g/mol. The Morgan fingerprint density at radius 3 is 2.77 bits per heavy atom. The topological polar surface area (TPSA) is 77.0 Å². The zero-order valence-electron chi connectivity index (χ0n) is 17.4. The van der Waals surface area contributed by atoms with Crippen LogP contribution in [0, 0.1) is 32.1 Å². The van der Waals surface area contributed by atoms with Crippen molar-refractivity contribution in [3.05, 3.63) is 78.3 Å². The predicted octanol–water partition coefficient (Wildman–Crippen LogP) is 4.42. The number of nitrogens with one attached hydrogen (secondary N) is 1. The summed E-state index contributed by atoms with van der Waals surface area (Å²) in [5.41, 5.74) is 1.84. The molecule has 0 saturated heterocycles. The largest absolute Gasteiger partial charge is 0.489 e. The quantitative estimate of drug-likeness (QED) is 0.655. The molecule has 1 fully saturated rings. The summed E-state index contributed by atoms with van der Waals surface area (Å²) in [5, 5.41) is 2.86. The monoisotopic (exact) mass is 408 g/mol. The van der Waals surface area contributed by atoms with Crippen LogP contribution in [-0.2, 0) is 4.79 Å². The fourth-order valence-corrected chi connectivity index (χ4v) is 3.31. The SMILES string of the molecule is C=C(/C=C\C=C\F)[C@]1(COc2cnc(C)nc2C)C[C@H]1C(=O)Nc1ccc(C)cn1. The number of nitrogens with zero attached hydrogens (tertiary/aromatic N) is 3. The van der Waals surface area contributed by atoms with Gasteiger partial charge in [0, 0.05) is 11.6 Å². The van der Waals surface area contributed by atoms with Gasteiger partial charge < -0.3 is 10.1 Å². The molecule has 2 aromatic heterocycles. The molecule has 0 aromatic carbocycles. The summed E-state index contributed by atoms with van der Waals surface area (Å²) in [6, 6.07) is 3.65. The number of pyridine rings is 1. The Bertz CT molecular complexity index is 1000. The number of carbonyl (C=O) groups is 1. The van der Waals surface area contributed by atoms with Gasteiger partial charge in [0.15, 0.2) is 5.75 Å². The van der Waals surface area contributed by atoms with Crippen LogP contribution >= 0.6 is 0 Å². The Kier molecular flexibility index (Phi) is 6.40. The van der Waals surface area contributed by atoms with Crippen molar-refractivity contribution < 1.29 is 13.9 Å². The van der Waals surface area contributed by atoms with Gasteiger partial charge >= 0.3 is 0 Å². The second kappa shape index (κ2) is 8.98. The average Bonchev–Trinajstić information content (AvgIpc) is 3.45. The van der Waals surface area contributed by atoms with Crippen molar-refractivity contribution in [2.24, 2.45) is 11.3 Å². The summed E-state index contributed by atoms with van der Waals surface area (Å²) in [5.74, 6) is 1.23. The standard InChI is InChI=1S/C23H25FN4O2/c1-15-8-9-21(26-12-15)28-22(29)19-11-23(19,16(2)7-5-6-10-24)14-30-20-13-25-18(4)27-17(20)3/h5-10,12-13,19H,2,11,14H2,1,3-4H3,(H,26,28,29)/b7-5-,10-6+/t19-,23+/m0/s1. The number of allylic oxidation sites excluding steroid dienone is 3. The lowest BCUT2D eigenvalue weighted by Crippen LogP contribution is -2.24. The summed E-state index contributed by atoms with van der Waals surface area (Å²) in [6.45, 7) is 9.93. The Hall–Kier alpha value is -3.35. The molecule has 7 heteroatoms. The lowest BCUT2D eigenvalue weighted by Gasteiger charge is -2.19. The van der Waals surface area contributed by atoms with Crippen LogP contribution < -0.4 is 10.1 Å². The number of rotatable bonds is 8. The molecule has 1 amide bonds. The van der Waals surface area contributed by atoms with Crippen molar-refractivity contribution in [3.8, 4) is 5.75 Å². The molecule has 156 valence electrons. The number of carbonyl (C=O) groups excluding carboxylic acids is 1. The van der Waals surface area contributed by atoms with Crippen molar-refractivity contribution in [1.82, 2.24) is 15.0 Å². The van der Waals surface area contributed by atoms with E-state index in [-0.39, 0.29) is 18.4 Å². The van der Waals surface area contributed by atoms with Crippen LogP contribution in [-0.4, -0.2) is 27.5 Å². The second-order valence-corrected chi connectivity index (χ2v) is 7.48. The van der Waals surface area contributed by atoms with Gasteiger partial charge in [0.05, 0.1) is 30.7 Å². The van der Waals surface area contributed by atoms with E-state index < -0.39 is 5.41 Å². The molecular formula is C23H25FN4O2. The number of anilines is 1. The third kappa shape index (κ3) is 4.79. The summed E-state index contributed by atoms with van der Waals surface area (Å²) >= 11 is 0. The Balaban J connectivity index is 1.76. The molecule has 0 aliphatic heterocycles. The van der Waals surface area contributed by atoms with Gasteiger partial charge in [-0.05, 0) is 50.5 Å². The van der Waals surface area contributed by atoms with E-state index in [1.807, 2.05) is 26.8 Å². The highest BCUT2D eigenvalue weighted by atomic mass is 19.1. The molecule has 2 heterocycles. The van der Waals surface area contributed by atoms with Crippen LogP contribution in [0.1, 0.15) is 23.5 Å². The lowest BCUT2D eigenvalue weighted by molar-refractivity contribution is -0.118. The molecule has 6 nitrogen and oxygen atoms in total. The van der Waals surface area contributed by atoms with Crippen LogP contribution in [0.15, 0.2) is 61.2 Å². The van der Waals surface area contributed by atoms with E-state index >= 15 is 0 Å². The van der Waals surface area contributed by atoms with Crippen LogP contribution in [0.25, 0.3) is 0 Å². The molecule has 3 rings (SSSR count). The minimum atomic E-state index is -0.591. The molecule has 2 aromatic rings. The molecule has 1 aliphatic carbocycles. The first-order valence-corrected chi connectivity index (χ1v) is 9.65. The molecular weight excluding hydrogens is 383 g/mol. The maximum absolute atomic E-state index is 12.9.